The number of hydrogen-bond donors (Lipinski definition) is 0. The van der Waals surface area contributed by atoms with Crippen LogP contribution in [0.5, 0.6) is 5.75 Å². The fourth-order valence-corrected chi connectivity index (χ4v) is 3.81. The van der Waals surface area contributed by atoms with Crippen molar-refractivity contribution in [2.24, 2.45) is 13.0 Å². The zero-order chi connectivity index (χ0) is 26.1. The molecule has 0 fully saturated rings. The molecule has 0 aliphatic heterocycles. The molecule has 0 aliphatic carbocycles. The van der Waals surface area contributed by atoms with Gasteiger partial charge in [0.25, 0.3) is 5.56 Å². The minimum Gasteiger partial charge on any atom is -0.423 e. The molecule has 5 nitrogen and oxygen atoms in total. The van der Waals surface area contributed by atoms with Gasteiger partial charge >= 0.3 is 12.1 Å². The summed E-state index contributed by atoms with van der Waals surface area (Å²) in [4.78, 5) is 25.4. The number of hydrogen-bond acceptors (Lipinski definition) is 4. The Hall–Kier alpha value is -3.20. The molecule has 1 aromatic heterocycles. The highest BCUT2D eigenvalue weighted by molar-refractivity contribution is 6.31. The fourth-order valence-electron chi connectivity index (χ4n) is 3.56. The molecule has 35 heavy (non-hydrogen) atoms. The lowest BCUT2D eigenvalue weighted by Crippen LogP contribution is -2.26. The number of aromatic nitrogens is 2. The third kappa shape index (κ3) is 5.73. The van der Waals surface area contributed by atoms with E-state index in [1.54, 1.807) is 13.8 Å². The molecule has 0 bridgehead atoms. The van der Waals surface area contributed by atoms with Crippen LogP contribution >= 0.6 is 11.6 Å². The van der Waals surface area contributed by atoms with Crippen LogP contribution in [0.4, 0.5) is 17.6 Å². The molecule has 0 spiro atoms. The van der Waals surface area contributed by atoms with Crippen molar-refractivity contribution in [3.63, 3.8) is 0 Å². The highest BCUT2D eigenvalue weighted by Gasteiger charge is 2.30. The number of benzene rings is 2. The van der Waals surface area contributed by atoms with Gasteiger partial charge in [-0.3, -0.25) is 9.59 Å². The van der Waals surface area contributed by atoms with Gasteiger partial charge in [0.05, 0.1) is 17.0 Å². The van der Waals surface area contributed by atoms with Gasteiger partial charge in [-0.15, -0.1) is 0 Å². The SMILES string of the molecule is Cc1nn(C)c(=O)c(-c2c(F)ccc(Cl)c2CCc2ccc(C(F)(F)F)cc2)c1OC(=O)C(C)C. The fraction of sp³-hybridized carbons (Fsp3) is 0.320. The van der Waals surface area contributed by atoms with Crippen molar-refractivity contribution in [3.8, 4) is 16.9 Å². The number of aryl methyl sites for hydroxylation is 3. The Kier molecular flexibility index (Phi) is 7.69. The summed E-state index contributed by atoms with van der Waals surface area (Å²) in [7, 11) is 1.39. The summed E-state index contributed by atoms with van der Waals surface area (Å²) in [5, 5.41) is 4.21. The van der Waals surface area contributed by atoms with E-state index in [0.29, 0.717) is 5.56 Å². The van der Waals surface area contributed by atoms with Gasteiger partial charge in [0, 0.05) is 17.6 Å². The third-order valence-corrected chi connectivity index (χ3v) is 5.79. The van der Waals surface area contributed by atoms with Gasteiger partial charge in [-0.2, -0.15) is 18.3 Å². The number of rotatable bonds is 6. The Morgan fingerprint density at radius 1 is 1.09 bits per heavy atom. The standard InChI is InChI=1S/C25H23ClF4N2O3/c1-13(2)24(34)35-22-14(3)31-32(4)23(33)21(22)20-17(18(26)11-12-19(20)27)10-7-15-5-8-16(9-6-15)25(28,29)30/h5-6,8-9,11-13H,7,10H2,1-4H3. The van der Waals surface area contributed by atoms with E-state index < -0.39 is 35.0 Å². The highest BCUT2D eigenvalue weighted by Crippen LogP contribution is 2.37. The number of nitrogens with zero attached hydrogens (tertiary/aromatic N) is 2. The van der Waals surface area contributed by atoms with Crippen LogP contribution in [0.25, 0.3) is 11.1 Å². The predicted molar refractivity (Wildman–Crippen MR) is 124 cm³/mol. The van der Waals surface area contributed by atoms with Gasteiger partial charge < -0.3 is 4.74 Å². The normalized spacial score (nSPS) is 11.7. The van der Waals surface area contributed by atoms with Gasteiger partial charge in [0.15, 0.2) is 5.75 Å². The second-order valence-electron chi connectivity index (χ2n) is 8.37. The van der Waals surface area contributed by atoms with Gasteiger partial charge in [-0.1, -0.05) is 37.6 Å². The van der Waals surface area contributed by atoms with Crippen molar-refractivity contribution in [3.05, 3.63) is 80.0 Å². The maximum atomic E-state index is 15.3. The molecule has 0 saturated carbocycles. The van der Waals surface area contributed by atoms with E-state index in [-0.39, 0.29) is 46.0 Å². The molecule has 1 heterocycles. The molecular weight excluding hydrogens is 488 g/mol. The van der Waals surface area contributed by atoms with E-state index in [0.717, 1.165) is 22.9 Å². The highest BCUT2D eigenvalue weighted by atomic mass is 35.5. The summed E-state index contributed by atoms with van der Waals surface area (Å²) in [5.41, 5.74) is -0.787. The molecular formula is C25H23ClF4N2O3. The van der Waals surface area contributed by atoms with Gasteiger partial charge in [-0.05, 0) is 55.2 Å². The van der Waals surface area contributed by atoms with Crippen molar-refractivity contribution in [2.45, 2.75) is 39.8 Å². The number of alkyl halides is 3. The number of ether oxygens (including phenoxy) is 1. The van der Waals surface area contributed by atoms with Gasteiger partial charge in [0.2, 0.25) is 0 Å². The predicted octanol–water partition coefficient (Wildman–Crippen LogP) is 5.91. The minimum absolute atomic E-state index is 0.110. The molecule has 0 saturated heterocycles. The first-order valence-corrected chi connectivity index (χ1v) is 11.1. The number of carbonyl (C=O) groups excluding carboxylic acids is 1. The van der Waals surface area contributed by atoms with Crippen LogP contribution in [0, 0.1) is 18.7 Å². The number of halogens is 5. The molecule has 0 amide bonds. The zero-order valence-corrected chi connectivity index (χ0v) is 20.2. The van der Waals surface area contributed by atoms with Crippen molar-refractivity contribution in [1.82, 2.24) is 9.78 Å². The van der Waals surface area contributed by atoms with Crippen LogP contribution in [-0.4, -0.2) is 15.7 Å². The Labute approximate surface area is 204 Å². The van der Waals surface area contributed by atoms with Crippen LogP contribution in [0.2, 0.25) is 5.02 Å². The Morgan fingerprint density at radius 3 is 2.29 bits per heavy atom. The second-order valence-corrected chi connectivity index (χ2v) is 8.78. The molecule has 186 valence electrons. The summed E-state index contributed by atoms with van der Waals surface area (Å²) >= 11 is 6.40. The smallest absolute Gasteiger partial charge is 0.416 e. The van der Waals surface area contributed by atoms with E-state index in [2.05, 4.69) is 5.10 Å². The Bertz CT molecular complexity index is 1320. The van der Waals surface area contributed by atoms with Crippen molar-refractivity contribution >= 4 is 17.6 Å². The van der Waals surface area contributed by atoms with Crippen molar-refractivity contribution in [2.75, 3.05) is 0 Å². The average molecular weight is 511 g/mol. The van der Waals surface area contributed by atoms with E-state index in [1.165, 1.54) is 32.2 Å². The topological polar surface area (TPSA) is 61.2 Å². The van der Waals surface area contributed by atoms with Crippen LogP contribution < -0.4 is 10.3 Å². The minimum atomic E-state index is -4.46. The molecule has 0 N–H and O–H groups in total. The summed E-state index contributed by atoms with van der Waals surface area (Å²) in [6, 6.07) is 7.04. The van der Waals surface area contributed by atoms with Crippen molar-refractivity contribution in [1.29, 1.82) is 0 Å². The summed E-state index contributed by atoms with van der Waals surface area (Å²) in [6.07, 6.45) is -4.13. The molecule has 0 unspecified atom stereocenters. The molecule has 0 atom stereocenters. The lowest BCUT2D eigenvalue weighted by atomic mass is 9.94. The van der Waals surface area contributed by atoms with E-state index >= 15 is 4.39 Å². The first kappa shape index (κ1) is 26.4. The number of esters is 1. The lowest BCUT2D eigenvalue weighted by molar-refractivity contribution is -0.138. The van der Waals surface area contributed by atoms with Crippen molar-refractivity contribution < 1.29 is 27.1 Å². The maximum Gasteiger partial charge on any atom is 0.416 e. The molecule has 0 radical (unpaired) electrons. The lowest BCUT2D eigenvalue weighted by Gasteiger charge is -2.18. The number of carbonyl (C=O) groups is 1. The molecule has 2 aromatic carbocycles. The molecule has 10 heteroatoms. The molecule has 0 aliphatic rings. The quantitative estimate of drug-likeness (QED) is 0.305. The molecule has 3 rings (SSSR count). The van der Waals surface area contributed by atoms with E-state index in [4.69, 9.17) is 16.3 Å². The van der Waals surface area contributed by atoms with Crippen LogP contribution in [0.1, 0.15) is 36.2 Å². The second kappa shape index (κ2) is 10.2. The first-order chi connectivity index (χ1) is 16.3. The first-order valence-electron chi connectivity index (χ1n) is 10.7. The maximum absolute atomic E-state index is 15.3. The third-order valence-electron chi connectivity index (χ3n) is 5.44. The Balaban J connectivity index is 2.11. The summed E-state index contributed by atoms with van der Waals surface area (Å²) < 4.78 is 60.3. The summed E-state index contributed by atoms with van der Waals surface area (Å²) in [5.74, 6) is -2.07. The largest absolute Gasteiger partial charge is 0.423 e. The summed E-state index contributed by atoms with van der Waals surface area (Å²) in [6.45, 7) is 4.75. The Morgan fingerprint density at radius 2 is 1.71 bits per heavy atom. The van der Waals surface area contributed by atoms with Crippen LogP contribution in [0.15, 0.2) is 41.2 Å². The van der Waals surface area contributed by atoms with Gasteiger partial charge in [0.1, 0.15) is 11.5 Å². The van der Waals surface area contributed by atoms with E-state index in [1.807, 2.05) is 0 Å². The zero-order valence-electron chi connectivity index (χ0n) is 19.5. The van der Waals surface area contributed by atoms with Gasteiger partial charge in [-0.25, -0.2) is 9.07 Å². The average Bonchev–Trinajstić information content (AvgIpc) is 2.78. The van der Waals surface area contributed by atoms with Crippen LogP contribution in [0.3, 0.4) is 0 Å². The van der Waals surface area contributed by atoms with E-state index in [9.17, 15) is 22.8 Å². The molecule has 3 aromatic rings. The van der Waals surface area contributed by atoms with Crippen LogP contribution in [-0.2, 0) is 30.9 Å². The monoisotopic (exact) mass is 510 g/mol.